The van der Waals surface area contributed by atoms with Crippen LogP contribution < -0.4 is 4.90 Å². The van der Waals surface area contributed by atoms with Crippen molar-refractivity contribution in [2.75, 3.05) is 37.6 Å². The molecule has 1 aromatic heterocycles. The Hall–Kier alpha value is -1.69. The summed E-state index contributed by atoms with van der Waals surface area (Å²) in [6, 6.07) is 2.02. The van der Waals surface area contributed by atoms with Crippen molar-refractivity contribution in [3.63, 3.8) is 0 Å². The number of aromatic nitrogens is 2. The van der Waals surface area contributed by atoms with E-state index in [2.05, 4.69) is 21.8 Å². The molecule has 6 heteroatoms. The maximum atomic E-state index is 10.7. The van der Waals surface area contributed by atoms with Crippen LogP contribution in [0, 0.1) is 0 Å². The normalized spacial score (nSPS) is 17.2. The highest BCUT2D eigenvalue weighted by Crippen LogP contribution is 2.14. The number of carboxylic acid groups (broad SMARTS) is 1. The standard InChI is InChI=1S/C13H20N4O2/c1-2-11-8-12(15-10-14-11)17-5-3-4-16(6-7-17)9-13(18)19/h8,10H,2-7,9H2,1H3,(H,18,19). The molecule has 0 aliphatic carbocycles. The van der Waals surface area contributed by atoms with Crippen molar-refractivity contribution in [1.29, 1.82) is 0 Å². The second-order valence-electron chi connectivity index (χ2n) is 4.73. The van der Waals surface area contributed by atoms with Gasteiger partial charge in [0.15, 0.2) is 0 Å². The predicted molar refractivity (Wildman–Crippen MR) is 72.3 cm³/mol. The fourth-order valence-corrected chi connectivity index (χ4v) is 2.30. The maximum absolute atomic E-state index is 10.7. The first-order valence-corrected chi connectivity index (χ1v) is 6.69. The van der Waals surface area contributed by atoms with E-state index in [0.717, 1.165) is 50.5 Å². The number of anilines is 1. The summed E-state index contributed by atoms with van der Waals surface area (Å²) in [5.74, 6) is 0.188. The Morgan fingerprint density at radius 2 is 2.16 bits per heavy atom. The Kier molecular flexibility index (Phi) is 4.68. The number of aryl methyl sites for hydroxylation is 1. The second kappa shape index (κ2) is 6.47. The van der Waals surface area contributed by atoms with E-state index in [1.807, 2.05) is 11.0 Å². The van der Waals surface area contributed by atoms with Gasteiger partial charge in [-0.15, -0.1) is 0 Å². The zero-order valence-electron chi connectivity index (χ0n) is 11.2. The minimum atomic E-state index is -0.760. The highest BCUT2D eigenvalue weighted by Gasteiger charge is 2.17. The van der Waals surface area contributed by atoms with Crippen molar-refractivity contribution in [2.24, 2.45) is 0 Å². The molecule has 104 valence electrons. The third-order valence-electron chi connectivity index (χ3n) is 3.34. The van der Waals surface area contributed by atoms with Gasteiger partial charge in [0, 0.05) is 37.9 Å². The van der Waals surface area contributed by atoms with Crippen LogP contribution in [0.15, 0.2) is 12.4 Å². The highest BCUT2D eigenvalue weighted by molar-refractivity contribution is 5.69. The molecule has 0 spiro atoms. The van der Waals surface area contributed by atoms with Gasteiger partial charge in [-0.1, -0.05) is 6.92 Å². The number of carbonyl (C=O) groups is 1. The molecule has 19 heavy (non-hydrogen) atoms. The van der Waals surface area contributed by atoms with Crippen molar-refractivity contribution in [3.05, 3.63) is 18.1 Å². The Labute approximate surface area is 113 Å². The lowest BCUT2D eigenvalue weighted by Crippen LogP contribution is -2.34. The van der Waals surface area contributed by atoms with Gasteiger partial charge in [0.25, 0.3) is 0 Å². The van der Waals surface area contributed by atoms with Gasteiger partial charge < -0.3 is 10.0 Å². The molecule has 0 unspecified atom stereocenters. The van der Waals surface area contributed by atoms with Gasteiger partial charge in [-0.05, 0) is 12.8 Å². The summed E-state index contributed by atoms with van der Waals surface area (Å²) in [5, 5.41) is 8.83. The number of nitrogens with zero attached hydrogens (tertiary/aromatic N) is 4. The molecule has 1 saturated heterocycles. The Morgan fingerprint density at radius 3 is 2.89 bits per heavy atom. The maximum Gasteiger partial charge on any atom is 0.317 e. The van der Waals surface area contributed by atoms with Crippen LogP contribution in [0.2, 0.25) is 0 Å². The topological polar surface area (TPSA) is 69.6 Å². The predicted octanol–water partition coefficient (Wildman–Crippen LogP) is 0.636. The fourth-order valence-electron chi connectivity index (χ4n) is 2.30. The number of carboxylic acids is 1. The van der Waals surface area contributed by atoms with Gasteiger partial charge in [0.1, 0.15) is 12.1 Å². The summed E-state index contributed by atoms with van der Waals surface area (Å²) in [5.41, 5.74) is 1.04. The molecular formula is C13H20N4O2. The summed E-state index contributed by atoms with van der Waals surface area (Å²) in [6.07, 6.45) is 3.46. The first-order chi connectivity index (χ1) is 9.19. The third-order valence-corrected chi connectivity index (χ3v) is 3.34. The largest absolute Gasteiger partial charge is 0.480 e. The van der Waals surface area contributed by atoms with Crippen LogP contribution in [0.5, 0.6) is 0 Å². The smallest absolute Gasteiger partial charge is 0.317 e. The lowest BCUT2D eigenvalue weighted by Gasteiger charge is -2.22. The van der Waals surface area contributed by atoms with Crippen LogP contribution in [-0.2, 0) is 11.2 Å². The van der Waals surface area contributed by atoms with E-state index in [0.29, 0.717) is 0 Å². The van der Waals surface area contributed by atoms with E-state index in [1.165, 1.54) is 0 Å². The molecule has 0 saturated carbocycles. The molecule has 1 fully saturated rings. The molecule has 1 aliphatic rings. The SMILES string of the molecule is CCc1cc(N2CCCN(CC(=O)O)CC2)ncn1. The van der Waals surface area contributed by atoms with E-state index < -0.39 is 5.97 Å². The van der Waals surface area contributed by atoms with Gasteiger partial charge in [-0.3, -0.25) is 9.69 Å². The minimum absolute atomic E-state index is 0.123. The van der Waals surface area contributed by atoms with E-state index in [4.69, 9.17) is 5.11 Å². The molecular weight excluding hydrogens is 244 g/mol. The van der Waals surface area contributed by atoms with Gasteiger partial charge in [0.2, 0.25) is 0 Å². The van der Waals surface area contributed by atoms with Crippen molar-refractivity contribution in [1.82, 2.24) is 14.9 Å². The van der Waals surface area contributed by atoms with Crippen LogP contribution >= 0.6 is 0 Å². The van der Waals surface area contributed by atoms with Crippen LogP contribution in [0.3, 0.4) is 0 Å². The number of hydrogen-bond acceptors (Lipinski definition) is 5. The lowest BCUT2D eigenvalue weighted by atomic mass is 10.3. The average Bonchev–Trinajstić information content (AvgIpc) is 2.64. The molecule has 0 atom stereocenters. The fraction of sp³-hybridized carbons (Fsp3) is 0.615. The Morgan fingerprint density at radius 1 is 1.32 bits per heavy atom. The van der Waals surface area contributed by atoms with E-state index in [-0.39, 0.29) is 6.54 Å². The van der Waals surface area contributed by atoms with Crippen molar-refractivity contribution >= 4 is 11.8 Å². The third kappa shape index (κ3) is 3.89. The molecule has 0 radical (unpaired) electrons. The molecule has 0 amide bonds. The van der Waals surface area contributed by atoms with Gasteiger partial charge in [-0.2, -0.15) is 0 Å². The molecule has 2 heterocycles. The van der Waals surface area contributed by atoms with E-state index >= 15 is 0 Å². The van der Waals surface area contributed by atoms with E-state index in [9.17, 15) is 4.79 Å². The van der Waals surface area contributed by atoms with Crippen LogP contribution in [0.4, 0.5) is 5.82 Å². The molecule has 2 rings (SSSR count). The van der Waals surface area contributed by atoms with Crippen molar-refractivity contribution in [2.45, 2.75) is 19.8 Å². The summed E-state index contributed by atoms with van der Waals surface area (Å²) < 4.78 is 0. The van der Waals surface area contributed by atoms with Gasteiger partial charge >= 0.3 is 5.97 Å². The number of hydrogen-bond donors (Lipinski definition) is 1. The first kappa shape index (κ1) is 13.7. The summed E-state index contributed by atoms with van der Waals surface area (Å²) >= 11 is 0. The quantitative estimate of drug-likeness (QED) is 0.860. The Balaban J connectivity index is 2.00. The molecule has 1 aromatic rings. The number of rotatable bonds is 4. The van der Waals surface area contributed by atoms with Gasteiger partial charge in [-0.25, -0.2) is 9.97 Å². The monoisotopic (exact) mass is 264 g/mol. The first-order valence-electron chi connectivity index (χ1n) is 6.69. The second-order valence-corrected chi connectivity index (χ2v) is 4.73. The van der Waals surface area contributed by atoms with Crippen LogP contribution in [0.25, 0.3) is 0 Å². The molecule has 0 bridgehead atoms. The Bertz CT molecular complexity index is 438. The van der Waals surface area contributed by atoms with Crippen LogP contribution in [-0.4, -0.2) is 58.7 Å². The summed E-state index contributed by atoms with van der Waals surface area (Å²) in [6.45, 7) is 5.51. The van der Waals surface area contributed by atoms with Gasteiger partial charge in [0.05, 0.1) is 6.54 Å². The zero-order chi connectivity index (χ0) is 13.7. The van der Waals surface area contributed by atoms with Crippen LogP contribution in [0.1, 0.15) is 19.0 Å². The molecule has 1 N–H and O–H groups in total. The zero-order valence-corrected chi connectivity index (χ0v) is 11.2. The van der Waals surface area contributed by atoms with Crippen molar-refractivity contribution in [3.8, 4) is 0 Å². The highest BCUT2D eigenvalue weighted by atomic mass is 16.4. The lowest BCUT2D eigenvalue weighted by molar-refractivity contribution is -0.138. The minimum Gasteiger partial charge on any atom is -0.480 e. The van der Waals surface area contributed by atoms with Crippen molar-refractivity contribution < 1.29 is 9.90 Å². The van der Waals surface area contributed by atoms with E-state index in [1.54, 1.807) is 6.33 Å². The summed E-state index contributed by atoms with van der Waals surface area (Å²) in [7, 11) is 0. The molecule has 6 nitrogen and oxygen atoms in total. The molecule has 1 aliphatic heterocycles. The molecule has 0 aromatic carbocycles. The number of aliphatic carboxylic acids is 1. The average molecular weight is 264 g/mol. The summed E-state index contributed by atoms with van der Waals surface area (Å²) in [4.78, 5) is 23.4.